The summed E-state index contributed by atoms with van der Waals surface area (Å²) in [5, 5.41) is 3.69. The minimum absolute atomic E-state index is 0.481. The van der Waals surface area contributed by atoms with Crippen molar-refractivity contribution in [3.05, 3.63) is 35.4 Å². The van der Waals surface area contributed by atoms with Crippen LogP contribution in [0.2, 0.25) is 0 Å². The van der Waals surface area contributed by atoms with Crippen LogP contribution in [0.4, 0.5) is 0 Å². The Kier molecular flexibility index (Phi) is 3.67. The Morgan fingerprint density at radius 2 is 2.17 bits per heavy atom. The monoisotopic (exact) mass is 261 g/mol. The van der Waals surface area contributed by atoms with Gasteiger partial charge in [-0.3, -0.25) is 0 Å². The van der Waals surface area contributed by atoms with Gasteiger partial charge in [-0.25, -0.2) is 0 Å². The molecule has 0 spiro atoms. The maximum atomic E-state index is 3.69. The molecule has 1 saturated heterocycles. The van der Waals surface area contributed by atoms with Crippen molar-refractivity contribution in [3.8, 4) is 0 Å². The molecule has 0 aromatic heterocycles. The van der Waals surface area contributed by atoms with Gasteiger partial charge in [0.05, 0.1) is 0 Å². The van der Waals surface area contributed by atoms with Crippen LogP contribution in [-0.2, 0) is 6.54 Å². The SMILES string of the molecule is CC1(CNCc2ccccc2C2CC2)CCCS1. The topological polar surface area (TPSA) is 12.0 Å². The summed E-state index contributed by atoms with van der Waals surface area (Å²) in [6.45, 7) is 4.60. The van der Waals surface area contributed by atoms with E-state index >= 15 is 0 Å². The fourth-order valence-electron chi connectivity index (χ4n) is 2.93. The summed E-state index contributed by atoms with van der Waals surface area (Å²) in [5.41, 5.74) is 3.11. The smallest absolute Gasteiger partial charge is 0.0256 e. The third-order valence-corrected chi connectivity index (χ3v) is 5.73. The summed E-state index contributed by atoms with van der Waals surface area (Å²) in [7, 11) is 0. The first kappa shape index (κ1) is 12.6. The molecule has 18 heavy (non-hydrogen) atoms. The average molecular weight is 261 g/mol. The Morgan fingerprint density at radius 1 is 1.33 bits per heavy atom. The fraction of sp³-hybridized carbons (Fsp3) is 0.625. The lowest BCUT2D eigenvalue weighted by Gasteiger charge is -2.23. The van der Waals surface area contributed by atoms with Gasteiger partial charge >= 0.3 is 0 Å². The van der Waals surface area contributed by atoms with Gasteiger partial charge in [0.25, 0.3) is 0 Å². The zero-order valence-electron chi connectivity index (χ0n) is 11.2. The summed E-state index contributed by atoms with van der Waals surface area (Å²) in [5.74, 6) is 2.20. The van der Waals surface area contributed by atoms with Crippen molar-refractivity contribution in [2.24, 2.45) is 0 Å². The summed E-state index contributed by atoms with van der Waals surface area (Å²) in [4.78, 5) is 0. The van der Waals surface area contributed by atoms with Crippen LogP contribution in [-0.4, -0.2) is 17.0 Å². The third-order valence-electron chi connectivity index (χ3n) is 4.19. The highest BCUT2D eigenvalue weighted by Crippen LogP contribution is 2.41. The maximum Gasteiger partial charge on any atom is 0.0256 e. The predicted molar refractivity (Wildman–Crippen MR) is 80.2 cm³/mol. The predicted octanol–water partition coefficient (Wildman–Crippen LogP) is 3.94. The summed E-state index contributed by atoms with van der Waals surface area (Å²) in [6, 6.07) is 8.98. The van der Waals surface area contributed by atoms with E-state index in [9.17, 15) is 0 Å². The number of rotatable bonds is 5. The zero-order chi connectivity index (χ0) is 12.4. The molecule has 1 unspecified atom stereocenters. The lowest BCUT2D eigenvalue weighted by Crippen LogP contribution is -2.32. The molecule has 0 amide bonds. The van der Waals surface area contributed by atoms with E-state index in [0.717, 1.165) is 19.0 Å². The summed E-state index contributed by atoms with van der Waals surface area (Å²) in [6.07, 6.45) is 5.55. The van der Waals surface area contributed by atoms with Crippen LogP contribution >= 0.6 is 11.8 Å². The van der Waals surface area contributed by atoms with Crippen LogP contribution in [0.3, 0.4) is 0 Å². The minimum Gasteiger partial charge on any atom is -0.311 e. The zero-order valence-corrected chi connectivity index (χ0v) is 12.1. The van der Waals surface area contributed by atoms with Gasteiger partial charge in [-0.15, -0.1) is 0 Å². The number of nitrogens with one attached hydrogen (secondary N) is 1. The first-order valence-corrected chi connectivity index (χ1v) is 8.18. The average Bonchev–Trinajstić information content (AvgIpc) is 3.13. The fourth-order valence-corrected chi connectivity index (χ4v) is 4.20. The minimum atomic E-state index is 0.481. The van der Waals surface area contributed by atoms with Crippen molar-refractivity contribution in [1.29, 1.82) is 0 Å². The first-order valence-electron chi connectivity index (χ1n) is 7.19. The molecule has 2 heteroatoms. The standard InChI is InChI=1S/C16H23NS/c1-16(9-4-10-18-16)12-17-11-14-5-2-3-6-15(14)13-7-8-13/h2-3,5-6,13,17H,4,7-12H2,1H3. The molecule has 1 aromatic carbocycles. The lowest BCUT2D eigenvalue weighted by molar-refractivity contribution is 0.536. The van der Waals surface area contributed by atoms with E-state index in [2.05, 4.69) is 48.3 Å². The molecule has 98 valence electrons. The molecule has 2 aliphatic rings. The van der Waals surface area contributed by atoms with Gasteiger partial charge in [-0.05, 0) is 55.4 Å². The Balaban J connectivity index is 1.56. The molecule has 1 atom stereocenters. The molecule has 3 rings (SSSR count). The highest BCUT2D eigenvalue weighted by Gasteiger charge is 2.29. The van der Waals surface area contributed by atoms with Crippen LogP contribution in [0.15, 0.2) is 24.3 Å². The molecule has 1 saturated carbocycles. The van der Waals surface area contributed by atoms with Crippen LogP contribution in [0.1, 0.15) is 49.7 Å². The molecule has 2 fully saturated rings. The van der Waals surface area contributed by atoms with Crippen molar-refractivity contribution in [2.45, 2.75) is 49.8 Å². The van der Waals surface area contributed by atoms with Crippen LogP contribution in [0.25, 0.3) is 0 Å². The first-order chi connectivity index (χ1) is 8.77. The Bertz CT molecular complexity index is 405. The molecule has 1 heterocycles. The number of benzene rings is 1. The van der Waals surface area contributed by atoms with E-state index in [0.29, 0.717) is 4.75 Å². The van der Waals surface area contributed by atoms with Gasteiger partial charge in [-0.1, -0.05) is 24.3 Å². The molecule has 0 radical (unpaired) electrons. The molecule has 1 aliphatic carbocycles. The van der Waals surface area contributed by atoms with Gasteiger partial charge < -0.3 is 5.32 Å². The third kappa shape index (κ3) is 2.92. The summed E-state index contributed by atoms with van der Waals surface area (Å²) < 4.78 is 0.481. The van der Waals surface area contributed by atoms with Gasteiger partial charge in [0.2, 0.25) is 0 Å². The highest BCUT2D eigenvalue weighted by molar-refractivity contribution is 8.00. The highest BCUT2D eigenvalue weighted by atomic mass is 32.2. The second-order valence-corrected chi connectivity index (χ2v) is 7.66. The Hall–Kier alpha value is -0.470. The van der Waals surface area contributed by atoms with Crippen molar-refractivity contribution in [1.82, 2.24) is 5.32 Å². The van der Waals surface area contributed by atoms with E-state index in [4.69, 9.17) is 0 Å². The van der Waals surface area contributed by atoms with Crippen molar-refractivity contribution in [2.75, 3.05) is 12.3 Å². The van der Waals surface area contributed by atoms with Gasteiger partial charge in [0.1, 0.15) is 0 Å². The number of hydrogen-bond acceptors (Lipinski definition) is 2. The largest absolute Gasteiger partial charge is 0.311 e. The van der Waals surface area contributed by atoms with E-state index < -0.39 is 0 Å². The number of hydrogen-bond donors (Lipinski definition) is 1. The van der Waals surface area contributed by atoms with Crippen LogP contribution in [0.5, 0.6) is 0 Å². The van der Waals surface area contributed by atoms with E-state index in [1.54, 1.807) is 5.56 Å². The van der Waals surface area contributed by atoms with Crippen LogP contribution < -0.4 is 5.32 Å². The van der Waals surface area contributed by atoms with E-state index in [-0.39, 0.29) is 0 Å². The quantitative estimate of drug-likeness (QED) is 0.861. The van der Waals surface area contributed by atoms with Gasteiger partial charge in [-0.2, -0.15) is 11.8 Å². The van der Waals surface area contributed by atoms with Crippen molar-refractivity contribution in [3.63, 3.8) is 0 Å². The van der Waals surface area contributed by atoms with Crippen molar-refractivity contribution >= 4 is 11.8 Å². The molecule has 1 nitrogen and oxygen atoms in total. The summed E-state index contributed by atoms with van der Waals surface area (Å²) >= 11 is 2.14. The molecule has 1 aliphatic heterocycles. The normalized spacial score (nSPS) is 27.6. The van der Waals surface area contributed by atoms with E-state index in [1.807, 2.05) is 0 Å². The second kappa shape index (κ2) is 5.26. The van der Waals surface area contributed by atoms with Crippen LogP contribution in [0, 0.1) is 0 Å². The second-order valence-electron chi connectivity index (χ2n) is 5.98. The molecular formula is C16H23NS. The molecule has 0 bridgehead atoms. The number of thioether (sulfide) groups is 1. The van der Waals surface area contributed by atoms with Gasteiger partial charge in [0, 0.05) is 17.8 Å². The van der Waals surface area contributed by atoms with E-state index in [1.165, 1.54) is 37.0 Å². The van der Waals surface area contributed by atoms with Crippen molar-refractivity contribution < 1.29 is 0 Å². The maximum absolute atomic E-state index is 3.69. The molecule has 1 N–H and O–H groups in total. The Labute approximate surface area is 115 Å². The van der Waals surface area contributed by atoms with Gasteiger partial charge in [0.15, 0.2) is 0 Å². The molecule has 1 aromatic rings. The molecular weight excluding hydrogens is 238 g/mol. The Morgan fingerprint density at radius 3 is 2.89 bits per heavy atom. The lowest BCUT2D eigenvalue weighted by atomic mass is 10.0.